The Morgan fingerprint density at radius 3 is 2.55 bits per heavy atom. The summed E-state index contributed by atoms with van der Waals surface area (Å²) >= 11 is 3.48. The van der Waals surface area contributed by atoms with Crippen LogP contribution in [0.25, 0.3) is 0 Å². The van der Waals surface area contributed by atoms with Gasteiger partial charge in [-0.3, -0.25) is 0 Å². The van der Waals surface area contributed by atoms with E-state index in [-0.39, 0.29) is 12.6 Å². The van der Waals surface area contributed by atoms with Gasteiger partial charge in [-0.25, -0.2) is 0 Å². The van der Waals surface area contributed by atoms with E-state index >= 15 is 0 Å². The van der Waals surface area contributed by atoms with Crippen LogP contribution in [0.15, 0.2) is 22.7 Å². The summed E-state index contributed by atoms with van der Waals surface area (Å²) in [5.74, 6) is 0.800. The van der Waals surface area contributed by atoms with Crippen molar-refractivity contribution in [2.45, 2.75) is 19.9 Å². The molecule has 4 nitrogen and oxygen atoms in total. The maximum atomic E-state index is 9.55. The standard InChI is InChI=1S/C15H25BrN2O2/c1-4-18(5-2)9-8-17-14(11-19)12-6-7-15(20-3)13(16)10-12/h6-7,10,14,17,19H,4-5,8-9,11H2,1-3H3. The van der Waals surface area contributed by atoms with Crippen molar-refractivity contribution >= 4 is 15.9 Å². The van der Waals surface area contributed by atoms with Crippen molar-refractivity contribution in [1.29, 1.82) is 0 Å². The van der Waals surface area contributed by atoms with Crippen LogP contribution in [0.4, 0.5) is 0 Å². The van der Waals surface area contributed by atoms with Gasteiger partial charge in [0.1, 0.15) is 5.75 Å². The van der Waals surface area contributed by atoms with Crippen molar-refractivity contribution in [3.8, 4) is 5.75 Å². The first-order valence-electron chi connectivity index (χ1n) is 7.06. The number of methoxy groups -OCH3 is 1. The van der Waals surface area contributed by atoms with Gasteiger partial charge in [-0.2, -0.15) is 0 Å². The van der Waals surface area contributed by atoms with Gasteiger partial charge in [-0.05, 0) is 46.7 Å². The molecule has 1 aromatic rings. The second kappa shape index (κ2) is 9.34. The normalized spacial score (nSPS) is 12.7. The Morgan fingerprint density at radius 2 is 2.05 bits per heavy atom. The molecule has 1 unspecified atom stereocenters. The highest BCUT2D eigenvalue weighted by molar-refractivity contribution is 9.10. The second-order valence-corrected chi connectivity index (χ2v) is 5.46. The first-order chi connectivity index (χ1) is 9.65. The lowest BCUT2D eigenvalue weighted by molar-refractivity contribution is 0.233. The van der Waals surface area contributed by atoms with Gasteiger partial charge < -0.3 is 20.1 Å². The SMILES string of the molecule is CCN(CC)CCNC(CO)c1ccc(OC)c(Br)c1. The number of rotatable bonds is 9. The second-order valence-electron chi connectivity index (χ2n) is 4.61. The number of ether oxygens (including phenoxy) is 1. The molecule has 1 atom stereocenters. The van der Waals surface area contributed by atoms with Crippen LogP contribution in [0.3, 0.4) is 0 Å². The van der Waals surface area contributed by atoms with Crippen molar-refractivity contribution in [2.75, 3.05) is 39.9 Å². The maximum absolute atomic E-state index is 9.55. The summed E-state index contributed by atoms with van der Waals surface area (Å²) in [5, 5.41) is 13.0. The zero-order valence-corrected chi connectivity index (χ0v) is 14.1. The molecule has 0 aliphatic rings. The van der Waals surface area contributed by atoms with Crippen molar-refractivity contribution in [3.05, 3.63) is 28.2 Å². The molecule has 5 heteroatoms. The largest absolute Gasteiger partial charge is 0.496 e. The summed E-state index contributed by atoms with van der Waals surface area (Å²) in [6.45, 7) is 8.35. The molecule has 0 radical (unpaired) electrons. The molecular formula is C15H25BrN2O2. The van der Waals surface area contributed by atoms with E-state index in [9.17, 15) is 5.11 Å². The lowest BCUT2D eigenvalue weighted by Crippen LogP contribution is -2.34. The molecule has 1 aromatic carbocycles. The number of halogens is 1. The van der Waals surface area contributed by atoms with Crippen LogP contribution < -0.4 is 10.1 Å². The molecule has 2 N–H and O–H groups in total. The summed E-state index contributed by atoms with van der Waals surface area (Å²) in [6, 6.07) is 5.83. The van der Waals surface area contributed by atoms with E-state index in [1.54, 1.807) is 7.11 Å². The number of hydrogen-bond donors (Lipinski definition) is 2. The molecule has 0 fully saturated rings. The number of aliphatic hydroxyl groups excluding tert-OH is 1. The van der Waals surface area contributed by atoms with E-state index in [1.807, 2.05) is 18.2 Å². The molecule has 1 rings (SSSR count). The molecule has 0 amide bonds. The van der Waals surface area contributed by atoms with E-state index in [2.05, 4.69) is 40.0 Å². The summed E-state index contributed by atoms with van der Waals surface area (Å²) in [5.41, 5.74) is 1.06. The lowest BCUT2D eigenvalue weighted by Gasteiger charge is -2.22. The van der Waals surface area contributed by atoms with Gasteiger partial charge in [0.05, 0.1) is 24.2 Å². The fraction of sp³-hybridized carbons (Fsp3) is 0.600. The van der Waals surface area contributed by atoms with Crippen LogP contribution in [-0.2, 0) is 0 Å². The third kappa shape index (κ3) is 5.05. The van der Waals surface area contributed by atoms with Gasteiger partial charge in [-0.1, -0.05) is 19.9 Å². The number of aliphatic hydroxyl groups is 1. The molecule has 114 valence electrons. The van der Waals surface area contributed by atoms with Crippen LogP contribution in [0.5, 0.6) is 5.75 Å². The molecule has 0 aliphatic heterocycles. The molecular weight excluding hydrogens is 320 g/mol. The van der Waals surface area contributed by atoms with Gasteiger partial charge >= 0.3 is 0 Å². The van der Waals surface area contributed by atoms with Crippen LogP contribution in [0.1, 0.15) is 25.5 Å². The number of benzene rings is 1. The minimum atomic E-state index is -0.0484. The average molecular weight is 345 g/mol. The highest BCUT2D eigenvalue weighted by Crippen LogP contribution is 2.27. The Morgan fingerprint density at radius 1 is 1.35 bits per heavy atom. The Balaban J connectivity index is 2.59. The highest BCUT2D eigenvalue weighted by atomic mass is 79.9. The molecule has 0 saturated carbocycles. The van der Waals surface area contributed by atoms with E-state index in [4.69, 9.17) is 4.74 Å². The zero-order chi connectivity index (χ0) is 15.0. The average Bonchev–Trinajstić information content (AvgIpc) is 2.47. The summed E-state index contributed by atoms with van der Waals surface area (Å²) in [4.78, 5) is 2.35. The van der Waals surface area contributed by atoms with Crippen LogP contribution in [-0.4, -0.2) is 49.9 Å². The van der Waals surface area contributed by atoms with Crippen molar-refractivity contribution in [1.82, 2.24) is 10.2 Å². The Kier molecular flexibility index (Phi) is 8.14. The molecule has 0 aromatic heterocycles. The number of nitrogens with zero attached hydrogens (tertiary/aromatic N) is 1. The molecule has 20 heavy (non-hydrogen) atoms. The van der Waals surface area contributed by atoms with E-state index in [0.717, 1.165) is 42.0 Å². The van der Waals surface area contributed by atoms with Crippen LogP contribution in [0.2, 0.25) is 0 Å². The van der Waals surface area contributed by atoms with Gasteiger partial charge in [0.2, 0.25) is 0 Å². The quantitative estimate of drug-likeness (QED) is 0.722. The predicted octanol–water partition coefficient (Wildman–Crippen LogP) is 2.42. The molecule has 0 aliphatic carbocycles. The first kappa shape index (κ1) is 17.4. The zero-order valence-electron chi connectivity index (χ0n) is 12.5. The maximum Gasteiger partial charge on any atom is 0.133 e. The minimum Gasteiger partial charge on any atom is -0.496 e. The fourth-order valence-electron chi connectivity index (χ4n) is 2.12. The number of hydrogen-bond acceptors (Lipinski definition) is 4. The lowest BCUT2D eigenvalue weighted by atomic mass is 10.1. The molecule has 0 heterocycles. The number of nitrogens with one attached hydrogen (secondary N) is 1. The third-order valence-electron chi connectivity index (χ3n) is 3.47. The van der Waals surface area contributed by atoms with Crippen molar-refractivity contribution in [3.63, 3.8) is 0 Å². The van der Waals surface area contributed by atoms with Crippen LogP contribution in [0, 0.1) is 0 Å². The summed E-state index contributed by atoms with van der Waals surface area (Å²) in [7, 11) is 1.64. The Hall–Kier alpha value is -0.620. The molecule has 0 saturated heterocycles. The summed E-state index contributed by atoms with van der Waals surface area (Å²) in [6.07, 6.45) is 0. The van der Waals surface area contributed by atoms with E-state index in [1.165, 1.54) is 0 Å². The minimum absolute atomic E-state index is 0.0484. The van der Waals surface area contributed by atoms with Gasteiger partial charge in [0.15, 0.2) is 0 Å². The van der Waals surface area contributed by atoms with E-state index in [0.29, 0.717) is 0 Å². The number of likely N-dealkylation sites (N-methyl/N-ethyl adjacent to an activating group) is 1. The molecule has 0 spiro atoms. The van der Waals surface area contributed by atoms with Gasteiger partial charge in [0, 0.05) is 13.1 Å². The Bertz CT molecular complexity index is 397. The topological polar surface area (TPSA) is 44.7 Å². The van der Waals surface area contributed by atoms with E-state index < -0.39 is 0 Å². The predicted molar refractivity (Wildman–Crippen MR) is 86.3 cm³/mol. The monoisotopic (exact) mass is 344 g/mol. The van der Waals surface area contributed by atoms with Gasteiger partial charge in [-0.15, -0.1) is 0 Å². The Labute approximate surface area is 130 Å². The first-order valence-corrected chi connectivity index (χ1v) is 7.85. The van der Waals surface area contributed by atoms with Crippen molar-refractivity contribution < 1.29 is 9.84 Å². The van der Waals surface area contributed by atoms with Crippen molar-refractivity contribution in [2.24, 2.45) is 0 Å². The molecule has 0 bridgehead atoms. The smallest absolute Gasteiger partial charge is 0.133 e. The highest BCUT2D eigenvalue weighted by Gasteiger charge is 2.12. The van der Waals surface area contributed by atoms with Gasteiger partial charge in [0.25, 0.3) is 0 Å². The summed E-state index contributed by atoms with van der Waals surface area (Å²) < 4.78 is 6.12. The fourth-order valence-corrected chi connectivity index (χ4v) is 2.68. The van der Waals surface area contributed by atoms with Crippen LogP contribution >= 0.6 is 15.9 Å². The third-order valence-corrected chi connectivity index (χ3v) is 4.09.